The first-order valence-corrected chi connectivity index (χ1v) is 7.28. The molecule has 0 heterocycles. The quantitative estimate of drug-likeness (QED) is 0.753. The Balaban J connectivity index is 2.00. The molecule has 16 heavy (non-hydrogen) atoms. The second kappa shape index (κ2) is 4.83. The van der Waals surface area contributed by atoms with Crippen molar-refractivity contribution >= 4 is 9.84 Å². The molecule has 1 atom stereocenters. The Bertz CT molecular complexity index is 460. The van der Waals surface area contributed by atoms with Gasteiger partial charge in [-0.05, 0) is 37.3 Å². The van der Waals surface area contributed by atoms with E-state index in [0.29, 0.717) is 10.8 Å². The zero-order valence-electron chi connectivity index (χ0n) is 9.17. The summed E-state index contributed by atoms with van der Waals surface area (Å²) in [6.45, 7) is 0. The summed E-state index contributed by atoms with van der Waals surface area (Å²) in [4.78, 5) is 0.442. The van der Waals surface area contributed by atoms with Gasteiger partial charge in [-0.15, -0.1) is 0 Å². The van der Waals surface area contributed by atoms with Gasteiger partial charge in [-0.3, -0.25) is 0 Å². The third kappa shape index (κ3) is 2.73. The molecule has 0 N–H and O–H groups in total. The van der Waals surface area contributed by atoms with Crippen LogP contribution in [-0.2, 0) is 9.84 Å². The highest BCUT2D eigenvalue weighted by Crippen LogP contribution is 2.22. The lowest BCUT2D eigenvalue weighted by Crippen LogP contribution is -2.09. The standard InChI is InChI=1S/C13H16O2S/c14-16(15,13-8-2-1-3-9-13)11-10-12-6-4-5-7-12/h1-4,6,8-9,12H,5,7,10-11H2/t12-/m0/s1. The Morgan fingerprint density at radius 3 is 2.56 bits per heavy atom. The van der Waals surface area contributed by atoms with Crippen molar-refractivity contribution in [1.29, 1.82) is 0 Å². The summed E-state index contributed by atoms with van der Waals surface area (Å²) in [6.07, 6.45) is 7.22. The molecule has 0 saturated heterocycles. The average Bonchev–Trinajstić information content (AvgIpc) is 2.81. The lowest BCUT2D eigenvalue weighted by molar-refractivity contribution is 0.571. The second-order valence-electron chi connectivity index (χ2n) is 4.19. The molecule has 0 aliphatic heterocycles. The van der Waals surface area contributed by atoms with Crippen molar-refractivity contribution in [3.63, 3.8) is 0 Å². The van der Waals surface area contributed by atoms with Crippen LogP contribution in [0.2, 0.25) is 0 Å². The van der Waals surface area contributed by atoms with Gasteiger partial charge in [-0.25, -0.2) is 8.42 Å². The van der Waals surface area contributed by atoms with Gasteiger partial charge in [0.05, 0.1) is 10.6 Å². The van der Waals surface area contributed by atoms with Crippen molar-refractivity contribution in [2.75, 3.05) is 5.75 Å². The average molecular weight is 236 g/mol. The van der Waals surface area contributed by atoms with E-state index in [1.54, 1.807) is 24.3 Å². The molecule has 1 aromatic carbocycles. The number of sulfone groups is 1. The number of rotatable bonds is 4. The lowest BCUT2D eigenvalue weighted by atomic mass is 10.1. The van der Waals surface area contributed by atoms with Crippen LogP contribution in [0, 0.1) is 5.92 Å². The molecule has 2 rings (SSSR count). The highest BCUT2D eigenvalue weighted by Gasteiger charge is 2.17. The van der Waals surface area contributed by atoms with E-state index in [2.05, 4.69) is 12.2 Å². The third-order valence-corrected chi connectivity index (χ3v) is 4.74. The van der Waals surface area contributed by atoms with Crippen LogP contribution in [-0.4, -0.2) is 14.2 Å². The van der Waals surface area contributed by atoms with Gasteiger partial charge in [-0.1, -0.05) is 30.4 Å². The Hall–Kier alpha value is -1.09. The highest BCUT2D eigenvalue weighted by atomic mass is 32.2. The number of hydrogen-bond donors (Lipinski definition) is 0. The molecule has 2 nitrogen and oxygen atoms in total. The van der Waals surface area contributed by atoms with Gasteiger partial charge in [0.1, 0.15) is 0 Å². The Kier molecular flexibility index (Phi) is 3.44. The van der Waals surface area contributed by atoms with Crippen LogP contribution in [0.3, 0.4) is 0 Å². The normalized spacial score (nSPS) is 20.1. The van der Waals surface area contributed by atoms with Crippen molar-refractivity contribution < 1.29 is 8.42 Å². The van der Waals surface area contributed by atoms with Crippen LogP contribution in [0.15, 0.2) is 47.4 Å². The molecule has 0 spiro atoms. The number of hydrogen-bond acceptors (Lipinski definition) is 2. The summed E-state index contributed by atoms with van der Waals surface area (Å²) in [5, 5.41) is 0. The first-order chi connectivity index (χ1) is 7.68. The van der Waals surface area contributed by atoms with Gasteiger partial charge in [0.25, 0.3) is 0 Å². The number of allylic oxidation sites excluding steroid dienone is 2. The van der Waals surface area contributed by atoms with Gasteiger partial charge >= 0.3 is 0 Å². The maximum Gasteiger partial charge on any atom is 0.178 e. The van der Waals surface area contributed by atoms with Crippen LogP contribution in [0.1, 0.15) is 19.3 Å². The molecule has 3 heteroatoms. The predicted octanol–water partition coefficient (Wildman–Crippen LogP) is 2.82. The van der Waals surface area contributed by atoms with Crippen LogP contribution in [0.25, 0.3) is 0 Å². The van der Waals surface area contributed by atoms with Crippen molar-refractivity contribution in [2.24, 2.45) is 5.92 Å². The van der Waals surface area contributed by atoms with Gasteiger partial charge < -0.3 is 0 Å². The zero-order valence-corrected chi connectivity index (χ0v) is 9.99. The maximum absolute atomic E-state index is 12.0. The summed E-state index contributed by atoms with van der Waals surface area (Å²) in [6, 6.07) is 8.70. The minimum absolute atomic E-state index is 0.256. The van der Waals surface area contributed by atoms with Crippen molar-refractivity contribution in [3.05, 3.63) is 42.5 Å². The molecule has 0 saturated carbocycles. The fourth-order valence-corrected chi connectivity index (χ4v) is 3.41. The van der Waals surface area contributed by atoms with E-state index in [1.807, 2.05) is 6.07 Å². The minimum Gasteiger partial charge on any atom is -0.224 e. The lowest BCUT2D eigenvalue weighted by Gasteiger charge is -2.08. The van der Waals surface area contributed by atoms with E-state index in [0.717, 1.165) is 19.3 Å². The van der Waals surface area contributed by atoms with Crippen molar-refractivity contribution in [1.82, 2.24) is 0 Å². The minimum atomic E-state index is -3.08. The molecule has 0 radical (unpaired) electrons. The fourth-order valence-electron chi connectivity index (χ4n) is 1.99. The Labute approximate surface area is 96.9 Å². The molecule has 0 bridgehead atoms. The molecule has 0 fully saturated rings. The third-order valence-electron chi connectivity index (χ3n) is 2.97. The molecule has 0 unspecified atom stereocenters. The summed E-state index contributed by atoms with van der Waals surface area (Å²) >= 11 is 0. The molecule has 0 amide bonds. The van der Waals surface area contributed by atoms with Gasteiger partial charge in [-0.2, -0.15) is 0 Å². The van der Waals surface area contributed by atoms with Crippen LogP contribution in [0.5, 0.6) is 0 Å². The molecule has 1 aliphatic rings. The SMILES string of the molecule is O=S(=O)(CC[C@H]1C=CCC1)c1ccccc1. The smallest absolute Gasteiger partial charge is 0.178 e. The molecular weight excluding hydrogens is 220 g/mol. The Morgan fingerprint density at radius 2 is 1.94 bits per heavy atom. The Morgan fingerprint density at radius 1 is 1.19 bits per heavy atom. The van der Waals surface area contributed by atoms with Crippen LogP contribution >= 0.6 is 0 Å². The van der Waals surface area contributed by atoms with E-state index in [9.17, 15) is 8.42 Å². The largest absolute Gasteiger partial charge is 0.224 e. The fraction of sp³-hybridized carbons (Fsp3) is 0.385. The van der Waals surface area contributed by atoms with Crippen molar-refractivity contribution in [3.8, 4) is 0 Å². The maximum atomic E-state index is 12.0. The molecule has 1 aromatic rings. The monoisotopic (exact) mass is 236 g/mol. The molecule has 1 aliphatic carbocycles. The number of benzene rings is 1. The summed E-state index contributed by atoms with van der Waals surface area (Å²) in [5.74, 6) is 0.713. The van der Waals surface area contributed by atoms with E-state index in [4.69, 9.17) is 0 Å². The van der Waals surface area contributed by atoms with Crippen molar-refractivity contribution in [2.45, 2.75) is 24.2 Å². The summed E-state index contributed by atoms with van der Waals surface area (Å²) in [5.41, 5.74) is 0. The zero-order chi connectivity index (χ0) is 11.4. The molecular formula is C13H16O2S. The summed E-state index contributed by atoms with van der Waals surface area (Å²) in [7, 11) is -3.08. The first kappa shape index (κ1) is 11.4. The van der Waals surface area contributed by atoms with Gasteiger partial charge in [0.2, 0.25) is 0 Å². The predicted molar refractivity (Wildman–Crippen MR) is 65.0 cm³/mol. The van der Waals surface area contributed by atoms with E-state index >= 15 is 0 Å². The topological polar surface area (TPSA) is 34.1 Å². The van der Waals surface area contributed by atoms with E-state index in [1.165, 1.54) is 0 Å². The molecule has 86 valence electrons. The van der Waals surface area contributed by atoms with Gasteiger partial charge in [0.15, 0.2) is 9.84 Å². The second-order valence-corrected chi connectivity index (χ2v) is 6.30. The van der Waals surface area contributed by atoms with Gasteiger partial charge in [0, 0.05) is 0 Å². The highest BCUT2D eigenvalue weighted by molar-refractivity contribution is 7.91. The first-order valence-electron chi connectivity index (χ1n) is 5.63. The van der Waals surface area contributed by atoms with Crippen LogP contribution < -0.4 is 0 Å². The van der Waals surface area contributed by atoms with E-state index < -0.39 is 9.84 Å². The molecule has 0 aromatic heterocycles. The summed E-state index contributed by atoms with van der Waals surface area (Å²) < 4.78 is 23.9. The van der Waals surface area contributed by atoms with Crippen LogP contribution in [0.4, 0.5) is 0 Å². The van der Waals surface area contributed by atoms with E-state index in [-0.39, 0.29) is 5.75 Å².